The maximum absolute atomic E-state index is 9.13. The Hall–Kier alpha value is -0.0500. The first kappa shape index (κ1) is 11.0. The van der Waals surface area contributed by atoms with Crippen molar-refractivity contribution in [3.63, 3.8) is 0 Å². The molecule has 0 aliphatic heterocycles. The van der Waals surface area contributed by atoms with Crippen LogP contribution in [0, 0.1) is 0 Å². The van der Waals surface area contributed by atoms with E-state index < -0.39 is 0 Å². The van der Waals surface area contributed by atoms with Crippen LogP contribution < -0.4 is 0 Å². The van der Waals surface area contributed by atoms with E-state index in [2.05, 4.69) is 15.9 Å². The summed E-state index contributed by atoms with van der Waals surface area (Å²) in [5.41, 5.74) is 1.15. The van der Waals surface area contributed by atoms with E-state index in [1.807, 2.05) is 18.2 Å². The van der Waals surface area contributed by atoms with E-state index in [1.165, 1.54) is 0 Å². The smallest absolute Gasteiger partial charge is 0.0515 e. The molecule has 0 spiro atoms. The lowest BCUT2D eigenvalue weighted by molar-refractivity contribution is 0.185. The van der Waals surface area contributed by atoms with Crippen LogP contribution in [0.15, 0.2) is 22.7 Å². The second-order valence-corrected chi connectivity index (χ2v) is 4.41. The van der Waals surface area contributed by atoms with Gasteiger partial charge in [-0.1, -0.05) is 27.5 Å². The lowest BCUT2D eigenvalue weighted by Crippen LogP contribution is -2.01. The third-order valence-corrected chi connectivity index (χ3v) is 2.85. The van der Waals surface area contributed by atoms with Gasteiger partial charge in [-0.2, -0.15) is 0 Å². The van der Waals surface area contributed by atoms with Crippen LogP contribution in [0.4, 0.5) is 0 Å². The fourth-order valence-corrected chi connectivity index (χ4v) is 1.74. The molecule has 0 amide bonds. The topological polar surface area (TPSA) is 20.2 Å². The van der Waals surface area contributed by atoms with Gasteiger partial charge in [0.25, 0.3) is 0 Å². The maximum Gasteiger partial charge on any atom is 0.0515 e. The highest BCUT2D eigenvalue weighted by Crippen LogP contribution is 2.22. The molecule has 0 aromatic heterocycles. The fraction of sp³-hybridized carbons (Fsp3) is 0.400. The van der Waals surface area contributed by atoms with Gasteiger partial charge in [0.15, 0.2) is 0 Å². The average molecular weight is 264 g/mol. The van der Waals surface area contributed by atoms with Crippen molar-refractivity contribution in [2.45, 2.75) is 25.9 Å². The standard InChI is InChI=1S/C10H12BrClO/c1-7(13)2-3-8-6-9(12)4-5-10(8)11/h4-7,13H,2-3H2,1H3/t7-/m0/s1. The molecule has 0 aliphatic rings. The van der Waals surface area contributed by atoms with Crippen LogP contribution >= 0.6 is 27.5 Å². The molecule has 0 heterocycles. The van der Waals surface area contributed by atoms with Crippen molar-refractivity contribution < 1.29 is 5.11 Å². The third kappa shape index (κ3) is 3.67. The van der Waals surface area contributed by atoms with Crippen molar-refractivity contribution in [1.82, 2.24) is 0 Å². The van der Waals surface area contributed by atoms with E-state index in [-0.39, 0.29) is 6.10 Å². The zero-order valence-electron chi connectivity index (χ0n) is 7.43. The second-order valence-electron chi connectivity index (χ2n) is 3.12. The molecule has 3 heteroatoms. The summed E-state index contributed by atoms with van der Waals surface area (Å²) in [5, 5.41) is 9.87. The predicted molar refractivity (Wildman–Crippen MR) is 59.2 cm³/mol. The Bertz CT molecular complexity index is 286. The Balaban J connectivity index is 2.70. The normalized spacial score (nSPS) is 12.9. The van der Waals surface area contributed by atoms with E-state index in [0.29, 0.717) is 0 Å². The molecule has 0 saturated carbocycles. The minimum Gasteiger partial charge on any atom is -0.393 e. The maximum atomic E-state index is 9.13. The first-order valence-electron chi connectivity index (χ1n) is 4.21. The molecule has 0 bridgehead atoms. The molecule has 1 rings (SSSR count). The van der Waals surface area contributed by atoms with E-state index in [1.54, 1.807) is 6.92 Å². The van der Waals surface area contributed by atoms with Crippen molar-refractivity contribution in [2.75, 3.05) is 0 Å². The lowest BCUT2D eigenvalue weighted by Gasteiger charge is -2.06. The van der Waals surface area contributed by atoms with Gasteiger partial charge >= 0.3 is 0 Å². The molecule has 13 heavy (non-hydrogen) atoms. The number of halogens is 2. The molecule has 0 aliphatic carbocycles. The highest BCUT2D eigenvalue weighted by atomic mass is 79.9. The van der Waals surface area contributed by atoms with Gasteiger partial charge in [0, 0.05) is 9.50 Å². The van der Waals surface area contributed by atoms with E-state index in [0.717, 1.165) is 27.9 Å². The van der Waals surface area contributed by atoms with Crippen LogP contribution in [0.3, 0.4) is 0 Å². The lowest BCUT2D eigenvalue weighted by atomic mass is 10.1. The summed E-state index contributed by atoms with van der Waals surface area (Å²) in [6, 6.07) is 5.70. The van der Waals surface area contributed by atoms with Crippen LogP contribution in [-0.2, 0) is 6.42 Å². The molecule has 1 nitrogen and oxygen atoms in total. The average Bonchev–Trinajstić information content (AvgIpc) is 2.06. The number of rotatable bonds is 3. The Morgan fingerprint density at radius 1 is 1.54 bits per heavy atom. The summed E-state index contributed by atoms with van der Waals surface area (Å²) in [4.78, 5) is 0. The first-order valence-corrected chi connectivity index (χ1v) is 5.38. The molecule has 1 aromatic rings. The van der Waals surface area contributed by atoms with Gasteiger partial charge in [-0.25, -0.2) is 0 Å². The first-order chi connectivity index (χ1) is 6.09. The van der Waals surface area contributed by atoms with Crippen LogP contribution in [-0.4, -0.2) is 11.2 Å². The van der Waals surface area contributed by atoms with Crippen molar-refractivity contribution in [3.8, 4) is 0 Å². The second kappa shape index (κ2) is 4.99. The van der Waals surface area contributed by atoms with E-state index >= 15 is 0 Å². The van der Waals surface area contributed by atoms with Gasteiger partial charge in [0.1, 0.15) is 0 Å². The van der Waals surface area contributed by atoms with Gasteiger partial charge in [0.2, 0.25) is 0 Å². The third-order valence-electron chi connectivity index (χ3n) is 1.84. The van der Waals surface area contributed by atoms with Gasteiger partial charge in [-0.15, -0.1) is 0 Å². The van der Waals surface area contributed by atoms with Crippen molar-refractivity contribution >= 4 is 27.5 Å². The Kier molecular flexibility index (Phi) is 4.23. The van der Waals surface area contributed by atoms with Crippen molar-refractivity contribution in [1.29, 1.82) is 0 Å². The molecule has 72 valence electrons. The minimum atomic E-state index is -0.258. The van der Waals surface area contributed by atoms with Crippen LogP contribution in [0.25, 0.3) is 0 Å². The van der Waals surface area contributed by atoms with Gasteiger partial charge in [-0.3, -0.25) is 0 Å². The molecule has 1 aromatic carbocycles. The van der Waals surface area contributed by atoms with Gasteiger partial charge in [0.05, 0.1) is 6.10 Å². The number of hydrogen-bond acceptors (Lipinski definition) is 1. The SMILES string of the molecule is C[C@H](O)CCc1cc(Cl)ccc1Br. The summed E-state index contributed by atoms with van der Waals surface area (Å²) < 4.78 is 1.05. The molecule has 1 atom stereocenters. The number of benzene rings is 1. The summed E-state index contributed by atoms with van der Waals surface area (Å²) in [5.74, 6) is 0. The molecule has 0 radical (unpaired) electrons. The molecule has 0 saturated heterocycles. The molecular weight excluding hydrogens is 251 g/mol. The monoisotopic (exact) mass is 262 g/mol. The largest absolute Gasteiger partial charge is 0.393 e. The van der Waals surface area contributed by atoms with Crippen molar-refractivity contribution in [3.05, 3.63) is 33.3 Å². The highest BCUT2D eigenvalue weighted by molar-refractivity contribution is 9.10. The number of aliphatic hydroxyl groups excluding tert-OH is 1. The van der Waals surface area contributed by atoms with Crippen LogP contribution in [0.2, 0.25) is 5.02 Å². The molecule has 0 unspecified atom stereocenters. The van der Waals surface area contributed by atoms with Crippen molar-refractivity contribution in [2.24, 2.45) is 0 Å². The Labute approximate surface area is 91.9 Å². The summed E-state index contributed by atoms with van der Waals surface area (Å²) in [6.07, 6.45) is 1.35. The summed E-state index contributed by atoms with van der Waals surface area (Å²) in [7, 11) is 0. The number of aryl methyl sites for hydroxylation is 1. The highest BCUT2D eigenvalue weighted by Gasteiger charge is 2.02. The predicted octanol–water partition coefficient (Wildman–Crippen LogP) is 3.42. The van der Waals surface area contributed by atoms with E-state index in [4.69, 9.17) is 16.7 Å². The molecule has 1 N–H and O–H groups in total. The zero-order valence-corrected chi connectivity index (χ0v) is 9.77. The van der Waals surface area contributed by atoms with Crippen LogP contribution in [0.1, 0.15) is 18.9 Å². The number of aliphatic hydroxyl groups is 1. The van der Waals surface area contributed by atoms with Gasteiger partial charge in [-0.05, 0) is 43.5 Å². The molecule has 0 fully saturated rings. The van der Waals surface area contributed by atoms with E-state index in [9.17, 15) is 0 Å². The minimum absolute atomic E-state index is 0.258. The number of hydrogen-bond donors (Lipinski definition) is 1. The summed E-state index contributed by atoms with van der Waals surface area (Å²) >= 11 is 9.29. The van der Waals surface area contributed by atoms with Gasteiger partial charge < -0.3 is 5.11 Å². The Morgan fingerprint density at radius 3 is 2.85 bits per heavy atom. The zero-order chi connectivity index (χ0) is 9.84. The fourth-order valence-electron chi connectivity index (χ4n) is 1.10. The molecular formula is C10H12BrClO. The quantitative estimate of drug-likeness (QED) is 0.886. The summed E-state index contributed by atoms with van der Waals surface area (Å²) in [6.45, 7) is 1.79. The van der Waals surface area contributed by atoms with Crippen LogP contribution in [0.5, 0.6) is 0 Å². The Morgan fingerprint density at radius 2 is 2.23 bits per heavy atom.